The van der Waals surface area contributed by atoms with Gasteiger partial charge in [0.05, 0.1) is 5.57 Å². The van der Waals surface area contributed by atoms with Gasteiger partial charge in [0.1, 0.15) is 11.4 Å². The van der Waals surface area contributed by atoms with Gasteiger partial charge in [-0.2, -0.15) is 0 Å². The molecule has 1 aliphatic rings. The lowest BCUT2D eigenvalue weighted by atomic mass is 9.79. The van der Waals surface area contributed by atoms with Crippen molar-refractivity contribution >= 4 is 33.3 Å². The number of carbonyl (C=O) groups excluding carboxylic acids is 2. The average Bonchev–Trinajstić information content (AvgIpc) is 3.16. The van der Waals surface area contributed by atoms with Crippen molar-refractivity contribution in [3.8, 4) is 0 Å². The molecule has 0 spiro atoms. The van der Waals surface area contributed by atoms with Crippen LogP contribution in [-0.2, 0) is 20.9 Å². The number of dihydropyridines is 1. The molecule has 1 unspecified atom stereocenters. The Kier molecular flexibility index (Phi) is 5.46. The zero-order valence-electron chi connectivity index (χ0n) is 16.9. The van der Waals surface area contributed by atoms with Gasteiger partial charge >= 0.3 is 5.97 Å². The number of pyridine rings is 2. The highest BCUT2D eigenvalue weighted by Gasteiger charge is 2.37. The van der Waals surface area contributed by atoms with Crippen LogP contribution in [0.1, 0.15) is 37.8 Å². The molecule has 30 heavy (non-hydrogen) atoms. The van der Waals surface area contributed by atoms with E-state index in [1.54, 1.807) is 24.7 Å². The Morgan fingerprint density at radius 2 is 1.90 bits per heavy atom. The Hall–Kier alpha value is -3.32. The van der Waals surface area contributed by atoms with E-state index in [2.05, 4.69) is 15.3 Å². The van der Waals surface area contributed by atoms with Crippen molar-refractivity contribution in [1.82, 2.24) is 15.3 Å². The van der Waals surface area contributed by atoms with Crippen LogP contribution >= 0.6 is 11.3 Å². The molecular weight excluding hydrogens is 398 g/mol. The summed E-state index contributed by atoms with van der Waals surface area (Å²) in [6.45, 7) is 5.33. The molecule has 0 aromatic carbocycles. The van der Waals surface area contributed by atoms with Crippen LogP contribution in [0.5, 0.6) is 0 Å². The Labute approximate surface area is 178 Å². The zero-order valence-corrected chi connectivity index (χ0v) is 17.7. The van der Waals surface area contributed by atoms with Gasteiger partial charge in [0.15, 0.2) is 5.78 Å². The number of rotatable bonds is 5. The van der Waals surface area contributed by atoms with E-state index in [1.165, 1.54) is 18.3 Å². The minimum atomic E-state index is -0.511. The van der Waals surface area contributed by atoms with Gasteiger partial charge in [0.25, 0.3) is 0 Å². The van der Waals surface area contributed by atoms with Crippen LogP contribution in [0.2, 0.25) is 0 Å². The van der Waals surface area contributed by atoms with E-state index in [9.17, 15) is 9.59 Å². The number of thiophene rings is 1. The van der Waals surface area contributed by atoms with Crippen molar-refractivity contribution in [2.24, 2.45) is 0 Å². The predicted molar refractivity (Wildman–Crippen MR) is 116 cm³/mol. The summed E-state index contributed by atoms with van der Waals surface area (Å²) in [5, 5.41) is 6.11. The SMILES string of the molecule is CC(=O)C1=C(C)NC(C)=C(C(=O)OCc2cccnc2)C1c1csc2ncccc12. The van der Waals surface area contributed by atoms with E-state index >= 15 is 0 Å². The highest BCUT2D eigenvalue weighted by atomic mass is 32.1. The van der Waals surface area contributed by atoms with E-state index < -0.39 is 11.9 Å². The molecular formula is C23H21N3O3S. The quantitative estimate of drug-likeness (QED) is 0.623. The van der Waals surface area contributed by atoms with Crippen molar-refractivity contribution < 1.29 is 14.3 Å². The number of fused-ring (bicyclic) bond motifs is 1. The van der Waals surface area contributed by atoms with Crippen LogP contribution in [0.15, 0.2) is 70.8 Å². The standard InChI is InChI=1S/C23H21N3O3S/c1-13-19(15(3)27)21(18-12-30-22-17(18)7-5-9-25-22)20(14(2)26-13)23(28)29-11-16-6-4-8-24-10-16/h4-10,12,21,26H,11H2,1-3H3. The van der Waals surface area contributed by atoms with Gasteiger partial charge in [-0.15, -0.1) is 11.3 Å². The van der Waals surface area contributed by atoms with Gasteiger partial charge in [-0.3, -0.25) is 9.78 Å². The van der Waals surface area contributed by atoms with Gasteiger partial charge in [0, 0.05) is 52.4 Å². The number of hydrogen-bond acceptors (Lipinski definition) is 7. The van der Waals surface area contributed by atoms with Crippen LogP contribution in [-0.4, -0.2) is 21.7 Å². The molecule has 0 amide bonds. The van der Waals surface area contributed by atoms with E-state index in [-0.39, 0.29) is 12.4 Å². The molecule has 0 radical (unpaired) electrons. The lowest BCUT2D eigenvalue weighted by molar-refractivity contribution is -0.140. The number of hydrogen-bond donors (Lipinski definition) is 1. The molecule has 1 aliphatic heterocycles. The van der Waals surface area contributed by atoms with Crippen LogP contribution in [0.4, 0.5) is 0 Å². The number of nitrogens with zero attached hydrogens (tertiary/aromatic N) is 2. The highest BCUT2D eigenvalue weighted by molar-refractivity contribution is 7.16. The molecule has 7 heteroatoms. The fourth-order valence-corrected chi connectivity index (χ4v) is 4.80. The molecule has 4 rings (SSSR count). The van der Waals surface area contributed by atoms with Gasteiger partial charge in [0.2, 0.25) is 0 Å². The molecule has 0 bridgehead atoms. The van der Waals surface area contributed by atoms with Gasteiger partial charge < -0.3 is 10.1 Å². The summed E-state index contributed by atoms with van der Waals surface area (Å²) in [6.07, 6.45) is 5.07. The molecule has 152 valence electrons. The first-order chi connectivity index (χ1) is 14.5. The van der Waals surface area contributed by atoms with Crippen molar-refractivity contribution in [3.63, 3.8) is 0 Å². The average molecular weight is 420 g/mol. The minimum absolute atomic E-state index is 0.0849. The van der Waals surface area contributed by atoms with Crippen LogP contribution in [0.3, 0.4) is 0 Å². The maximum Gasteiger partial charge on any atom is 0.337 e. The third kappa shape index (κ3) is 3.64. The Balaban J connectivity index is 1.77. The first-order valence-corrected chi connectivity index (χ1v) is 10.4. The molecule has 3 aromatic heterocycles. The number of carbonyl (C=O) groups is 2. The molecule has 0 saturated carbocycles. The van der Waals surface area contributed by atoms with Crippen LogP contribution < -0.4 is 5.32 Å². The lowest BCUT2D eigenvalue weighted by Crippen LogP contribution is -2.31. The summed E-state index contributed by atoms with van der Waals surface area (Å²) in [4.78, 5) is 35.2. The van der Waals surface area contributed by atoms with Crippen LogP contribution in [0, 0.1) is 0 Å². The lowest BCUT2D eigenvalue weighted by Gasteiger charge is -2.30. The molecule has 1 N–H and O–H groups in total. The van der Waals surface area contributed by atoms with Crippen molar-refractivity contribution in [1.29, 1.82) is 0 Å². The molecule has 1 atom stereocenters. The summed E-state index contributed by atoms with van der Waals surface area (Å²) in [6, 6.07) is 7.47. The molecule has 0 aliphatic carbocycles. The fourth-order valence-electron chi connectivity index (χ4n) is 3.86. The molecule has 0 fully saturated rings. The second-order valence-electron chi connectivity index (χ2n) is 7.18. The minimum Gasteiger partial charge on any atom is -0.457 e. The first kappa shape index (κ1) is 20.0. The van der Waals surface area contributed by atoms with Crippen LogP contribution in [0.25, 0.3) is 10.2 Å². The smallest absolute Gasteiger partial charge is 0.337 e. The largest absolute Gasteiger partial charge is 0.457 e. The summed E-state index contributed by atoms with van der Waals surface area (Å²) in [7, 11) is 0. The molecule has 4 heterocycles. The number of ether oxygens (including phenoxy) is 1. The van der Waals surface area contributed by atoms with Crippen molar-refractivity contribution in [3.05, 3.63) is 81.9 Å². The van der Waals surface area contributed by atoms with E-state index in [1.807, 2.05) is 37.4 Å². The third-order valence-corrected chi connectivity index (χ3v) is 6.06. The topological polar surface area (TPSA) is 81.2 Å². The number of aromatic nitrogens is 2. The second kappa shape index (κ2) is 8.20. The predicted octanol–water partition coefficient (Wildman–Crippen LogP) is 4.26. The number of ketones is 1. The third-order valence-electron chi connectivity index (χ3n) is 5.14. The van der Waals surface area contributed by atoms with Gasteiger partial charge in [-0.25, -0.2) is 9.78 Å². The number of esters is 1. The first-order valence-electron chi connectivity index (χ1n) is 9.55. The highest BCUT2D eigenvalue weighted by Crippen LogP contribution is 2.43. The Morgan fingerprint density at radius 3 is 2.63 bits per heavy atom. The monoisotopic (exact) mass is 419 g/mol. The van der Waals surface area contributed by atoms with E-state index in [4.69, 9.17) is 4.74 Å². The molecule has 6 nitrogen and oxygen atoms in total. The summed E-state index contributed by atoms with van der Waals surface area (Å²) in [5.74, 6) is -1.05. The second-order valence-corrected chi connectivity index (χ2v) is 8.03. The number of allylic oxidation sites excluding steroid dienone is 3. The Morgan fingerprint density at radius 1 is 1.13 bits per heavy atom. The van der Waals surface area contributed by atoms with E-state index in [0.717, 1.165) is 27.0 Å². The van der Waals surface area contributed by atoms with Gasteiger partial charge in [-0.05, 0) is 43.8 Å². The number of Topliss-reactive ketones (excluding diaryl/α,β-unsaturated/α-hetero) is 1. The summed E-state index contributed by atoms with van der Waals surface area (Å²) < 4.78 is 5.62. The maximum atomic E-state index is 13.2. The summed E-state index contributed by atoms with van der Waals surface area (Å²) >= 11 is 1.50. The van der Waals surface area contributed by atoms with Crippen molar-refractivity contribution in [2.75, 3.05) is 0 Å². The zero-order chi connectivity index (χ0) is 21.3. The van der Waals surface area contributed by atoms with E-state index in [0.29, 0.717) is 16.8 Å². The maximum absolute atomic E-state index is 13.2. The fraction of sp³-hybridized carbons (Fsp3) is 0.217. The Bertz CT molecular complexity index is 1190. The molecule has 3 aromatic rings. The summed E-state index contributed by atoms with van der Waals surface area (Å²) in [5.41, 5.74) is 4.13. The van der Waals surface area contributed by atoms with Gasteiger partial charge in [-0.1, -0.05) is 12.1 Å². The van der Waals surface area contributed by atoms with Crippen molar-refractivity contribution in [2.45, 2.75) is 33.3 Å². The normalized spacial score (nSPS) is 16.6. The molecule has 0 saturated heterocycles. The number of nitrogens with one attached hydrogen (secondary N) is 1.